The molecule has 0 bridgehead atoms. The molecular formula is C14H20FNOSi. The van der Waals surface area contributed by atoms with Crippen LogP contribution in [0.25, 0.3) is 0 Å². The molecule has 1 aromatic rings. The molecule has 0 saturated heterocycles. The van der Waals surface area contributed by atoms with Gasteiger partial charge in [0.15, 0.2) is 8.32 Å². The van der Waals surface area contributed by atoms with Crippen molar-refractivity contribution in [1.29, 1.82) is 5.26 Å². The first-order chi connectivity index (χ1) is 8.17. The maximum absolute atomic E-state index is 13.4. The molecule has 0 radical (unpaired) electrons. The first-order valence-corrected chi connectivity index (χ1v) is 8.91. The number of benzene rings is 1. The maximum Gasteiger partial charge on any atom is 0.192 e. The summed E-state index contributed by atoms with van der Waals surface area (Å²) >= 11 is 0. The highest BCUT2D eigenvalue weighted by Gasteiger charge is 2.36. The Bertz CT molecular complexity index is 472. The summed E-state index contributed by atoms with van der Waals surface area (Å²) < 4.78 is 19.4. The number of nitriles is 1. The topological polar surface area (TPSA) is 33.0 Å². The van der Waals surface area contributed by atoms with Crippen LogP contribution in [0, 0.1) is 17.1 Å². The van der Waals surface area contributed by atoms with Gasteiger partial charge in [0.1, 0.15) is 11.9 Å². The zero-order valence-corrected chi connectivity index (χ0v) is 12.7. The fourth-order valence-corrected chi connectivity index (χ4v) is 2.18. The molecule has 0 aliphatic rings. The van der Waals surface area contributed by atoms with Crippen LogP contribution in [0.3, 0.4) is 0 Å². The van der Waals surface area contributed by atoms with Gasteiger partial charge in [-0.15, -0.1) is 0 Å². The Kier molecular flexibility index (Phi) is 4.31. The van der Waals surface area contributed by atoms with E-state index in [-0.39, 0.29) is 10.6 Å². The van der Waals surface area contributed by atoms with Crippen molar-refractivity contribution in [3.63, 3.8) is 0 Å². The third-order valence-electron chi connectivity index (χ3n) is 3.56. The molecule has 4 heteroatoms. The molecule has 0 aromatic heterocycles. The van der Waals surface area contributed by atoms with Gasteiger partial charge in [-0.2, -0.15) is 5.26 Å². The van der Waals surface area contributed by atoms with Crippen LogP contribution in [-0.4, -0.2) is 8.32 Å². The van der Waals surface area contributed by atoms with Gasteiger partial charge in [-0.1, -0.05) is 26.8 Å². The van der Waals surface area contributed by atoms with Crippen LogP contribution in [0.4, 0.5) is 4.39 Å². The van der Waals surface area contributed by atoms with Crippen molar-refractivity contribution in [1.82, 2.24) is 0 Å². The summed E-state index contributed by atoms with van der Waals surface area (Å²) in [4.78, 5) is 0. The quantitative estimate of drug-likeness (QED) is 0.767. The van der Waals surface area contributed by atoms with E-state index in [1.807, 2.05) is 6.07 Å². The van der Waals surface area contributed by atoms with E-state index in [9.17, 15) is 4.39 Å². The standard InChI is InChI=1S/C14H20FNOSi/c1-14(2,3)18(4,5)17-10-11-6-7-12(9-16)13(15)8-11/h6-8H,10H2,1-5H3. The zero-order chi connectivity index (χ0) is 14.0. The largest absolute Gasteiger partial charge is 0.413 e. The van der Waals surface area contributed by atoms with Gasteiger partial charge in [0.25, 0.3) is 0 Å². The number of halogens is 1. The summed E-state index contributed by atoms with van der Waals surface area (Å²) in [5, 5.41) is 8.80. The van der Waals surface area contributed by atoms with Crippen molar-refractivity contribution in [2.24, 2.45) is 0 Å². The van der Waals surface area contributed by atoms with E-state index in [4.69, 9.17) is 9.69 Å². The molecule has 1 aromatic carbocycles. The molecule has 1 rings (SSSR count). The van der Waals surface area contributed by atoms with E-state index in [2.05, 4.69) is 33.9 Å². The van der Waals surface area contributed by atoms with Crippen LogP contribution in [0.1, 0.15) is 31.9 Å². The van der Waals surface area contributed by atoms with E-state index in [1.165, 1.54) is 12.1 Å². The number of nitrogens with zero attached hydrogens (tertiary/aromatic N) is 1. The van der Waals surface area contributed by atoms with Gasteiger partial charge < -0.3 is 4.43 Å². The maximum atomic E-state index is 13.4. The lowest BCUT2D eigenvalue weighted by Gasteiger charge is -2.36. The highest BCUT2D eigenvalue weighted by Crippen LogP contribution is 2.37. The van der Waals surface area contributed by atoms with E-state index in [0.29, 0.717) is 6.61 Å². The summed E-state index contributed by atoms with van der Waals surface area (Å²) in [7, 11) is -1.81. The predicted octanol–water partition coefficient (Wildman–Crippen LogP) is 4.22. The third kappa shape index (κ3) is 3.41. The lowest BCUT2D eigenvalue weighted by molar-refractivity contribution is 0.276. The minimum Gasteiger partial charge on any atom is -0.413 e. The molecule has 0 aliphatic carbocycles. The van der Waals surface area contributed by atoms with Crippen molar-refractivity contribution in [2.45, 2.75) is 45.5 Å². The lowest BCUT2D eigenvalue weighted by atomic mass is 10.1. The first kappa shape index (κ1) is 14.9. The number of hydrogen-bond donors (Lipinski definition) is 0. The van der Waals surface area contributed by atoms with Crippen molar-refractivity contribution in [3.8, 4) is 6.07 Å². The van der Waals surface area contributed by atoms with Crippen LogP contribution in [-0.2, 0) is 11.0 Å². The van der Waals surface area contributed by atoms with E-state index < -0.39 is 14.1 Å². The van der Waals surface area contributed by atoms with Crippen LogP contribution < -0.4 is 0 Å². The Hall–Kier alpha value is -1.18. The number of hydrogen-bond acceptors (Lipinski definition) is 2. The Balaban J connectivity index is 2.77. The first-order valence-electron chi connectivity index (χ1n) is 6.00. The molecule has 18 heavy (non-hydrogen) atoms. The summed E-state index contributed by atoms with van der Waals surface area (Å²) in [5.74, 6) is -0.478. The van der Waals surface area contributed by atoms with E-state index in [0.717, 1.165) is 5.56 Å². The minimum atomic E-state index is -1.81. The molecule has 0 amide bonds. The molecule has 0 unspecified atom stereocenters. The molecular weight excluding hydrogens is 245 g/mol. The normalized spacial score (nSPS) is 12.3. The Labute approximate surface area is 110 Å². The molecule has 0 atom stereocenters. The Morgan fingerprint density at radius 3 is 2.39 bits per heavy atom. The van der Waals surface area contributed by atoms with Gasteiger partial charge in [-0.3, -0.25) is 0 Å². The Morgan fingerprint density at radius 1 is 1.33 bits per heavy atom. The van der Waals surface area contributed by atoms with Gasteiger partial charge in [0, 0.05) is 0 Å². The van der Waals surface area contributed by atoms with Crippen LogP contribution in [0.15, 0.2) is 18.2 Å². The van der Waals surface area contributed by atoms with Gasteiger partial charge in [-0.05, 0) is 35.8 Å². The van der Waals surface area contributed by atoms with Crippen molar-refractivity contribution < 1.29 is 8.82 Å². The molecule has 0 heterocycles. The Morgan fingerprint density at radius 2 is 1.94 bits per heavy atom. The average Bonchev–Trinajstić information content (AvgIpc) is 2.25. The molecule has 2 nitrogen and oxygen atoms in total. The monoisotopic (exact) mass is 265 g/mol. The second kappa shape index (κ2) is 5.21. The smallest absolute Gasteiger partial charge is 0.192 e. The van der Waals surface area contributed by atoms with Crippen LogP contribution >= 0.6 is 0 Å². The summed E-state index contributed by atoms with van der Waals surface area (Å²) in [6.45, 7) is 11.2. The SMILES string of the molecule is CC(C)(C)[Si](C)(C)OCc1ccc(C#N)c(F)c1. The van der Waals surface area contributed by atoms with Gasteiger partial charge >= 0.3 is 0 Å². The van der Waals surface area contributed by atoms with Crippen molar-refractivity contribution >= 4 is 8.32 Å². The van der Waals surface area contributed by atoms with E-state index >= 15 is 0 Å². The van der Waals surface area contributed by atoms with Crippen molar-refractivity contribution in [2.75, 3.05) is 0 Å². The molecule has 0 spiro atoms. The predicted molar refractivity (Wildman–Crippen MR) is 73.1 cm³/mol. The highest BCUT2D eigenvalue weighted by atomic mass is 28.4. The molecule has 0 fully saturated rings. The second-order valence-electron chi connectivity index (χ2n) is 5.97. The van der Waals surface area contributed by atoms with Crippen LogP contribution in [0.2, 0.25) is 18.1 Å². The van der Waals surface area contributed by atoms with Crippen LogP contribution in [0.5, 0.6) is 0 Å². The summed E-state index contributed by atoms with van der Waals surface area (Å²) in [5.41, 5.74) is 0.849. The van der Waals surface area contributed by atoms with Gasteiger partial charge in [-0.25, -0.2) is 4.39 Å². The molecule has 0 N–H and O–H groups in total. The zero-order valence-electron chi connectivity index (χ0n) is 11.7. The minimum absolute atomic E-state index is 0.0751. The lowest BCUT2D eigenvalue weighted by Crippen LogP contribution is -2.40. The third-order valence-corrected chi connectivity index (χ3v) is 8.04. The van der Waals surface area contributed by atoms with Crippen molar-refractivity contribution in [3.05, 3.63) is 35.1 Å². The summed E-state index contributed by atoms with van der Waals surface area (Å²) in [6.07, 6.45) is 0. The highest BCUT2D eigenvalue weighted by molar-refractivity contribution is 6.74. The summed E-state index contributed by atoms with van der Waals surface area (Å²) in [6, 6.07) is 6.44. The molecule has 0 aliphatic heterocycles. The van der Waals surface area contributed by atoms with Gasteiger partial charge in [0.2, 0.25) is 0 Å². The molecule has 0 saturated carbocycles. The van der Waals surface area contributed by atoms with Gasteiger partial charge in [0.05, 0.1) is 12.2 Å². The molecule has 98 valence electrons. The van der Waals surface area contributed by atoms with E-state index in [1.54, 1.807) is 6.07 Å². The fourth-order valence-electron chi connectivity index (χ4n) is 1.22. The second-order valence-corrected chi connectivity index (χ2v) is 10.8. The fraction of sp³-hybridized carbons (Fsp3) is 0.500. The number of rotatable bonds is 3. The average molecular weight is 265 g/mol.